The van der Waals surface area contributed by atoms with Crippen molar-refractivity contribution in [2.45, 2.75) is 12.8 Å². The lowest BCUT2D eigenvalue weighted by molar-refractivity contribution is 0.0872. The third kappa shape index (κ3) is 4.09. The van der Waals surface area contributed by atoms with E-state index in [1.165, 1.54) is 12.1 Å². The number of rotatable bonds is 3. The molecule has 2 aliphatic heterocycles. The second kappa shape index (κ2) is 8.14. The minimum Gasteiger partial charge on any atom is -0.486 e. The molecule has 0 spiro atoms. The molecule has 2 aliphatic rings. The van der Waals surface area contributed by atoms with Gasteiger partial charge in [-0.3, -0.25) is 4.79 Å². The van der Waals surface area contributed by atoms with Gasteiger partial charge in [0.25, 0.3) is 0 Å². The molecule has 0 aromatic heterocycles. The van der Waals surface area contributed by atoms with E-state index in [-0.39, 0.29) is 17.5 Å². The Bertz CT molecular complexity index is 880. The van der Waals surface area contributed by atoms with Crippen molar-refractivity contribution >= 4 is 28.8 Å². The van der Waals surface area contributed by atoms with Crippen LogP contribution >= 0.6 is 12.2 Å². The lowest BCUT2D eigenvalue weighted by atomic mass is 9.89. The van der Waals surface area contributed by atoms with Gasteiger partial charge in [-0.25, -0.2) is 4.39 Å². The average molecular weight is 400 g/mol. The van der Waals surface area contributed by atoms with Gasteiger partial charge in [0.05, 0.1) is 0 Å². The standard InChI is InChI=1S/C21H21FN2O3S/c22-16-2-4-17(5-3-16)23-21(28)24-9-7-14(8-10-24)20(25)15-1-6-18-19(13-15)27-12-11-26-18/h1-6,13-14H,7-12H2,(H,23,28). The van der Waals surface area contributed by atoms with Crippen LogP contribution in [-0.2, 0) is 0 Å². The van der Waals surface area contributed by atoms with E-state index >= 15 is 0 Å². The fourth-order valence-electron chi connectivity index (χ4n) is 3.51. The van der Waals surface area contributed by atoms with Crippen LogP contribution in [-0.4, -0.2) is 42.1 Å². The molecule has 1 saturated heterocycles. The summed E-state index contributed by atoms with van der Waals surface area (Å²) in [7, 11) is 0. The largest absolute Gasteiger partial charge is 0.486 e. The number of halogens is 1. The van der Waals surface area contributed by atoms with Gasteiger partial charge in [0.15, 0.2) is 22.4 Å². The van der Waals surface area contributed by atoms with E-state index in [1.807, 2.05) is 11.0 Å². The van der Waals surface area contributed by atoms with Gasteiger partial charge in [-0.05, 0) is 67.5 Å². The van der Waals surface area contributed by atoms with Crippen LogP contribution in [0.2, 0.25) is 0 Å². The fraction of sp³-hybridized carbons (Fsp3) is 0.333. The molecule has 0 saturated carbocycles. The maximum atomic E-state index is 13.0. The van der Waals surface area contributed by atoms with E-state index in [1.54, 1.807) is 24.3 Å². The Morgan fingerprint density at radius 1 is 1.04 bits per heavy atom. The van der Waals surface area contributed by atoms with E-state index in [0.717, 1.165) is 18.5 Å². The monoisotopic (exact) mass is 400 g/mol. The number of nitrogens with zero attached hydrogens (tertiary/aromatic N) is 1. The van der Waals surface area contributed by atoms with Crippen molar-refractivity contribution in [2.24, 2.45) is 5.92 Å². The second-order valence-corrected chi connectivity index (χ2v) is 7.31. The molecule has 0 aliphatic carbocycles. The topological polar surface area (TPSA) is 50.8 Å². The Hall–Kier alpha value is -2.67. The summed E-state index contributed by atoms with van der Waals surface area (Å²) >= 11 is 5.46. The Balaban J connectivity index is 1.34. The molecule has 2 aromatic rings. The van der Waals surface area contributed by atoms with Gasteiger partial charge in [-0.1, -0.05) is 0 Å². The Labute approximate surface area is 168 Å². The molecule has 28 heavy (non-hydrogen) atoms. The van der Waals surface area contributed by atoms with Crippen LogP contribution in [0.5, 0.6) is 11.5 Å². The highest BCUT2D eigenvalue weighted by molar-refractivity contribution is 7.80. The zero-order valence-electron chi connectivity index (χ0n) is 15.3. The molecule has 2 aromatic carbocycles. The molecule has 0 bridgehead atoms. The first kappa shape index (κ1) is 18.7. The van der Waals surface area contributed by atoms with Crippen LogP contribution in [0.15, 0.2) is 42.5 Å². The van der Waals surface area contributed by atoms with Crippen LogP contribution in [0, 0.1) is 11.7 Å². The van der Waals surface area contributed by atoms with Gasteiger partial charge in [-0.2, -0.15) is 0 Å². The van der Waals surface area contributed by atoms with Gasteiger partial charge in [0, 0.05) is 30.3 Å². The Morgan fingerprint density at radius 3 is 2.43 bits per heavy atom. The molecule has 5 nitrogen and oxygen atoms in total. The van der Waals surface area contributed by atoms with Crippen molar-refractivity contribution in [2.75, 3.05) is 31.6 Å². The van der Waals surface area contributed by atoms with Crippen LogP contribution in [0.3, 0.4) is 0 Å². The molecular weight excluding hydrogens is 379 g/mol. The number of thiocarbonyl (C=S) groups is 1. The summed E-state index contributed by atoms with van der Waals surface area (Å²) in [6, 6.07) is 11.5. The number of likely N-dealkylation sites (tertiary alicyclic amines) is 1. The maximum Gasteiger partial charge on any atom is 0.173 e. The molecule has 2 heterocycles. The van der Waals surface area contributed by atoms with Crippen molar-refractivity contribution in [1.29, 1.82) is 0 Å². The van der Waals surface area contributed by atoms with Gasteiger partial charge >= 0.3 is 0 Å². The third-order valence-electron chi connectivity index (χ3n) is 5.08. The molecular formula is C21H21FN2O3S. The molecule has 0 amide bonds. The smallest absolute Gasteiger partial charge is 0.173 e. The number of nitrogens with one attached hydrogen (secondary N) is 1. The maximum absolute atomic E-state index is 13.0. The fourth-order valence-corrected chi connectivity index (χ4v) is 3.81. The zero-order chi connectivity index (χ0) is 19.5. The quantitative estimate of drug-likeness (QED) is 0.623. The Kier molecular flexibility index (Phi) is 5.43. The molecule has 7 heteroatoms. The number of benzene rings is 2. The van der Waals surface area contributed by atoms with Gasteiger partial charge in [0.2, 0.25) is 0 Å². The first-order valence-corrected chi connectivity index (χ1v) is 9.76. The van der Waals surface area contributed by atoms with Gasteiger partial charge < -0.3 is 19.7 Å². The molecule has 146 valence electrons. The highest BCUT2D eigenvalue weighted by Crippen LogP contribution is 2.32. The highest BCUT2D eigenvalue weighted by Gasteiger charge is 2.27. The summed E-state index contributed by atoms with van der Waals surface area (Å²) in [5, 5.41) is 3.72. The molecule has 0 unspecified atom stereocenters. The Morgan fingerprint density at radius 2 is 1.71 bits per heavy atom. The van der Waals surface area contributed by atoms with Crippen molar-refractivity contribution in [1.82, 2.24) is 4.90 Å². The van der Waals surface area contributed by atoms with E-state index in [2.05, 4.69) is 5.32 Å². The minimum atomic E-state index is -0.282. The van der Waals surface area contributed by atoms with Crippen LogP contribution in [0.25, 0.3) is 0 Å². The number of hydrogen-bond donors (Lipinski definition) is 1. The predicted molar refractivity (Wildman–Crippen MR) is 109 cm³/mol. The number of hydrogen-bond acceptors (Lipinski definition) is 4. The number of carbonyl (C=O) groups excluding carboxylic acids is 1. The SMILES string of the molecule is O=C(c1ccc2c(c1)OCCO2)C1CCN(C(=S)Nc2ccc(F)cc2)CC1. The van der Waals surface area contributed by atoms with Crippen molar-refractivity contribution in [3.05, 3.63) is 53.8 Å². The summed E-state index contributed by atoms with van der Waals surface area (Å²) in [5.41, 5.74) is 1.41. The first-order valence-electron chi connectivity index (χ1n) is 9.35. The number of ether oxygens (including phenoxy) is 2. The summed E-state index contributed by atoms with van der Waals surface area (Å²) < 4.78 is 24.1. The summed E-state index contributed by atoms with van der Waals surface area (Å²) in [4.78, 5) is 14.9. The van der Waals surface area contributed by atoms with Crippen LogP contribution in [0.1, 0.15) is 23.2 Å². The van der Waals surface area contributed by atoms with Gasteiger partial charge in [0.1, 0.15) is 19.0 Å². The lowest BCUT2D eigenvalue weighted by Gasteiger charge is -2.33. The summed E-state index contributed by atoms with van der Waals surface area (Å²) in [6.07, 6.45) is 1.47. The minimum absolute atomic E-state index is 0.0348. The number of anilines is 1. The number of fused-ring (bicyclic) bond motifs is 1. The molecule has 0 radical (unpaired) electrons. The number of piperidine rings is 1. The van der Waals surface area contributed by atoms with Gasteiger partial charge in [-0.15, -0.1) is 0 Å². The number of Topliss-reactive ketones (excluding diaryl/α,β-unsaturated/α-hetero) is 1. The highest BCUT2D eigenvalue weighted by atomic mass is 32.1. The molecule has 1 N–H and O–H groups in total. The van der Waals surface area contributed by atoms with E-state index in [9.17, 15) is 9.18 Å². The average Bonchev–Trinajstić information content (AvgIpc) is 2.74. The third-order valence-corrected chi connectivity index (χ3v) is 5.44. The first-order chi connectivity index (χ1) is 13.6. The van der Waals surface area contributed by atoms with Crippen molar-refractivity contribution in [3.63, 3.8) is 0 Å². The van der Waals surface area contributed by atoms with Crippen molar-refractivity contribution in [3.8, 4) is 11.5 Å². The van der Waals surface area contributed by atoms with E-state index < -0.39 is 0 Å². The lowest BCUT2D eigenvalue weighted by Crippen LogP contribution is -2.42. The molecule has 4 rings (SSSR count). The van der Waals surface area contributed by atoms with E-state index in [4.69, 9.17) is 21.7 Å². The normalized spacial score (nSPS) is 16.5. The predicted octanol–water partition coefficient (Wildman–Crippen LogP) is 3.89. The summed E-state index contributed by atoms with van der Waals surface area (Å²) in [6.45, 7) is 2.44. The number of ketones is 1. The van der Waals surface area contributed by atoms with Crippen molar-refractivity contribution < 1.29 is 18.7 Å². The zero-order valence-corrected chi connectivity index (χ0v) is 16.1. The van der Waals surface area contributed by atoms with E-state index in [0.29, 0.717) is 48.5 Å². The van der Waals surface area contributed by atoms with Crippen LogP contribution < -0.4 is 14.8 Å². The second-order valence-electron chi connectivity index (χ2n) is 6.92. The number of carbonyl (C=O) groups is 1. The van der Waals surface area contributed by atoms with Crippen LogP contribution in [0.4, 0.5) is 10.1 Å². The molecule has 0 atom stereocenters. The summed E-state index contributed by atoms with van der Waals surface area (Å²) in [5.74, 6) is 1.14. The molecule has 1 fully saturated rings.